The number of rotatable bonds is 6. The third kappa shape index (κ3) is 4.47. The molecule has 8 heteroatoms. The highest BCUT2D eigenvalue weighted by molar-refractivity contribution is 8.02. The molecule has 3 atom stereocenters. The van der Waals surface area contributed by atoms with Crippen LogP contribution in [0.4, 0.5) is 10.9 Å². The van der Waals surface area contributed by atoms with Crippen LogP contribution in [0.25, 0.3) is 5.70 Å². The van der Waals surface area contributed by atoms with Crippen LogP contribution in [0.3, 0.4) is 0 Å². The van der Waals surface area contributed by atoms with E-state index in [4.69, 9.17) is 10.1 Å². The minimum atomic E-state index is 0.0321. The van der Waals surface area contributed by atoms with E-state index in [9.17, 15) is 0 Å². The molecule has 2 aliphatic carbocycles. The molecule has 5 rings (SSSR count). The van der Waals surface area contributed by atoms with Gasteiger partial charge in [0.2, 0.25) is 0 Å². The molecule has 34 heavy (non-hydrogen) atoms. The first-order valence-electron chi connectivity index (χ1n) is 12.3. The summed E-state index contributed by atoms with van der Waals surface area (Å²) in [5.74, 6) is 2.35. The number of hydrogen-bond acceptors (Lipinski definition) is 6. The van der Waals surface area contributed by atoms with Gasteiger partial charge in [0.05, 0.1) is 29.5 Å². The van der Waals surface area contributed by atoms with Crippen molar-refractivity contribution in [1.82, 2.24) is 24.3 Å². The van der Waals surface area contributed by atoms with E-state index in [1.807, 2.05) is 18.1 Å². The molecule has 0 amide bonds. The van der Waals surface area contributed by atoms with Gasteiger partial charge in [-0.3, -0.25) is 0 Å². The summed E-state index contributed by atoms with van der Waals surface area (Å²) < 4.78 is 4.42. The number of nitrogens with zero attached hydrogens (tertiary/aromatic N) is 5. The Morgan fingerprint density at radius 3 is 2.59 bits per heavy atom. The highest BCUT2D eigenvalue weighted by atomic mass is 32.2. The second-order valence-electron chi connectivity index (χ2n) is 11.0. The van der Waals surface area contributed by atoms with Crippen LogP contribution in [0.15, 0.2) is 28.9 Å². The van der Waals surface area contributed by atoms with Gasteiger partial charge in [0.15, 0.2) is 5.13 Å². The zero-order valence-corrected chi connectivity index (χ0v) is 22.9. The summed E-state index contributed by atoms with van der Waals surface area (Å²) in [4.78, 5) is 11.0. The number of anilines is 2. The van der Waals surface area contributed by atoms with Crippen molar-refractivity contribution in [2.45, 2.75) is 78.2 Å². The number of nitrogens with one attached hydrogen (secondary N) is 1. The molecule has 1 fully saturated rings. The first-order valence-corrected chi connectivity index (χ1v) is 14.4. The van der Waals surface area contributed by atoms with E-state index in [1.54, 1.807) is 11.3 Å². The summed E-state index contributed by atoms with van der Waals surface area (Å²) in [7, 11) is 0. The van der Waals surface area contributed by atoms with Crippen LogP contribution >= 0.6 is 23.1 Å². The zero-order chi connectivity index (χ0) is 24.2. The SMILES string of the molecule is CSC1=C(n2cnc(C)c2)C(C)CC(c2csc(Nc3cc(C(C)(C)C)nn3C3CC3)n2)C1C. The maximum atomic E-state index is 5.09. The van der Waals surface area contributed by atoms with E-state index < -0.39 is 0 Å². The molecule has 3 aromatic rings. The van der Waals surface area contributed by atoms with Crippen LogP contribution in [0.5, 0.6) is 0 Å². The fourth-order valence-corrected chi connectivity index (χ4v) is 6.87. The number of imidazole rings is 1. The molecule has 3 heterocycles. The van der Waals surface area contributed by atoms with Crippen LogP contribution in [-0.4, -0.2) is 30.6 Å². The second-order valence-corrected chi connectivity index (χ2v) is 12.7. The van der Waals surface area contributed by atoms with Crippen molar-refractivity contribution in [2.75, 3.05) is 11.6 Å². The average Bonchev–Trinajstić information content (AvgIpc) is 3.15. The summed E-state index contributed by atoms with van der Waals surface area (Å²) >= 11 is 3.58. The molecule has 0 aromatic carbocycles. The molecule has 1 saturated carbocycles. The Hall–Kier alpha value is -2.06. The van der Waals surface area contributed by atoms with Crippen LogP contribution in [0.2, 0.25) is 0 Å². The molecule has 2 aliphatic rings. The van der Waals surface area contributed by atoms with Gasteiger partial charge >= 0.3 is 0 Å². The molecule has 3 aromatic heterocycles. The minimum absolute atomic E-state index is 0.0321. The molecule has 0 saturated heterocycles. The number of aromatic nitrogens is 5. The van der Waals surface area contributed by atoms with Crippen molar-refractivity contribution in [2.24, 2.45) is 11.8 Å². The van der Waals surface area contributed by atoms with Crippen molar-refractivity contribution >= 4 is 39.7 Å². The van der Waals surface area contributed by atoms with E-state index in [0.29, 0.717) is 23.8 Å². The van der Waals surface area contributed by atoms with Crippen LogP contribution < -0.4 is 5.32 Å². The van der Waals surface area contributed by atoms with Crippen LogP contribution in [0, 0.1) is 18.8 Å². The third-order valence-corrected chi connectivity index (χ3v) is 8.88. The largest absolute Gasteiger partial charge is 0.316 e. The van der Waals surface area contributed by atoms with E-state index in [2.05, 4.69) is 85.0 Å². The lowest BCUT2D eigenvalue weighted by atomic mass is 9.77. The fourth-order valence-electron chi connectivity index (χ4n) is 5.03. The summed E-state index contributed by atoms with van der Waals surface area (Å²) in [6, 6.07) is 2.73. The predicted molar refractivity (Wildman–Crippen MR) is 144 cm³/mol. The minimum Gasteiger partial charge on any atom is -0.316 e. The molecule has 182 valence electrons. The summed E-state index contributed by atoms with van der Waals surface area (Å²) in [6.45, 7) is 13.4. The van der Waals surface area contributed by atoms with Crippen LogP contribution in [-0.2, 0) is 5.41 Å². The zero-order valence-electron chi connectivity index (χ0n) is 21.3. The van der Waals surface area contributed by atoms with Gasteiger partial charge in [-0.05, 0) is 44.3 Å². The molecular weight excluding hydrogens is 460 g/mol. The number of aryl methyl sites for hydroxylation is 1. The molecule has 0 radical (unpaired) electrons. The quantitative estimate of drug-likeness (QED) is 0.391. The Labute approximate surface area is 211 Å². The number of thiazole rings is 1. The normalized spacial score (nSPS) is 23.6. The van der Waals surface area contributed by atoms with E-state index in [0.717, 1.165) is 28.8 Å². The van der Waals surface area contributed by atoms with Gasteiger partial charge in [-0.25, -0.2) is 14.6 Å². The van der Waals surface area contributed by atoms with Crippen molar-refractivity contribution in [3.05, 3.63) is 46.0 Å². The van der Waals surface area contributed by atoms with Crippen molar-refractivity contribution in [3.8, 4) is 0 Å². The second kappa shape index (κ2) is 8.86. The van der Waals surface area contributed by atoms with Crippen LogP contribution in [0.1, 0.15) is 82.9 Å². The maximum absolute atomic E-state index is 5.09. The van der Waals surface area contributed by atoms with E-state index in [-0.39, 0.29) is 5.41 Å². The molecule has 1 N–H and O–H groups in total. The van der Waals surface area contributed by atoms with Crippen molar-refractivity contribution in [3.63, 3.8) is 0 Å². The van der Waals surface area contributed by atoms with E-state index >= 15 is 0 Å². The van der Waals surface area contributed by atoms with Crippen molar-refractivity contribution < 1.29 is 0 Å². The Balaban J connectivity index is 1.40. The first-order chi connectivity index (χ1) is 16.2. The Morgan fingerprint density at radius 2 is 1.97 bits per heavy atom. The smallest absolute Gasteiger partial charge is 0.188 e. The monoisotopic (exact) mass is 496 g/mol. The number of hydrogen-bond donors (Lipinski definition) is 1. The van der Waals surface area contributed by atoms with Gasteiger partial charge in [-0.2, -0.15) is 5.10 Å². The molecule has 0 spiro atoms. The third-order valence-electron chi connectivity index (χ3n) is 7.09. The van der Waals surface area contributed by atoms with Gasteiger partial charge in [0, 0.05) is 39.6 Å². The Bertz CT molecular complexity index is 1210. The van der Waals surface area contributed by atoms with Gasteiger partial charge < -0.3 is 9.88 Å². The molecule has 3 unspecified atom stereocenters. The highest BCUT2D eigenvalue weighted by Crippen LogP contribution is 2.49. The number of allylic oxidation sites excluding steroid dienone is 2. The van der Waals surface area contributed by atoms with Gasteiger partial charge in [0.1, 0.15) is 5.82 Å². The maximum Gasteiger partial charge on any atom is 0.188 e. The molecule has 0 aliphatic heterocycles. The lowest BCUT2D eigenvalue weighted by Crippen LogP contribution is -2.24. The Kier molecular flexibility index (Phi) is 6.17. The highest BCUT2D eigenvalue weighted by Gasteiger charge is 2.36. The molecular formula is C26H36N6S2. The van der Waals surface area contributed by atoms with Crippen molar-refractivity contribution in [1.29, 1.82) is 0 Å². The Morgan fingerprint density at radius 1 is 1.21 bits per heavy atom. The van der Waals surface area contributed by atoms with Gasteiger partial charge in [0.25, 0.3) is 0 Å². The first kappa shape index (κ1) is 23.7. The predicted octanol–water partition coefficient (Wildman–Crippen LogP) is 7.21. The van der Waals surface area contributed by atoms with E-state index in [1.165, 1.54) is 29.1 Å². The lowest BCUT2D eigenvalue weighted by Gasteiger charge is -2.36. The lowest BCUT2D eigenvalue weighted by molar-refractivity contribution is 0.419. The topological polar surface area (TPSA) is 60.6 Å². The summed E-state index contributed by atoms with van der Waals surface area (Å²) in [5, 5.41) is 11.8. The molecule has 0 bridgehead atoms. The number of thioether (sulfide) groups is 1. The molecule has 6 nitrogen and oxygen atoms in total. The van der Waals surface area contributed by atoms with Gasteiger partial charge in [-0.1, -0.05) is 34.6 Å². The standard InChI is InChI=1S/C26H36N6S2/c1-15-10-19(17(3)24(33-7)23(15)31-12-16(2)27-14-31)20-13-34-25(28-20)29-22-11-21(26(4,5)6)30-32(22)18-8-9-18/h11-15,17-19H,8-10H2,1-7H3,(H,28,29). The van der Waals surface area contributed by atoms with Gasteiger partial charge in [-0.15, -0.1) is 23.1 Å². The fraction of sp³-hybridized carbons (Fsp3) is 0.577. The summed E-state index contributed by atoms with van der Waals surface area (Å²) in [5.41, 5.74) is 4.82. The average molecular weight is 497 g/mol. The summed E-state index contributed by atoms with van der Waals surface area (Å²) in [6.07, 6.45) is 9.82.